The molecule has 0 spiro atoms. The highest BCUT2D eigenvalue weighted by Gasteiger charge is 2.18. The number of nitrogens with zero attached hydrogens (tertiary/aromatic N) is 1. The average Bonchev–Trinajstić information content (AvgIpc) is 2.83. The maximum absolute atomic E-state index is 12.2. The van der Waals surface area contributed by atoms with Crippen LogP contribution in [0.25, 0.3) is 0 Å². The summed E-state index contributed by atoms with van der Waals surface area (Å²) in [6.07, 6.45) is 2.00. The van der Waals surface area contributed by atoms with Gasteiger partial charge in [-0.1, -0.05) is 13.0 Å². The van der Waals surface area contributed by atoms with Gasteiger partial charge >= 0.3 is 0 Å². The lowest BCUT2D eigenvalue weighted by Crippen LogP contribution is -2.14. The van der Waals surface area contributed by atoms with Gasteiger partial charge in [0.15, 0.2) is 5.03 Å². The third-order valence-electron chi connectivity index (χ3n) is 2.67. The lowest BCUT2D eigenvalue weighted by atomic mass is 10.2. The van der Waals surface area contributed by atoms with Crippen molar-refractivity contribution in [3.63, 3.8) is 0 Å². The van der Waals surface area contributed by atoms with Crippen LogP contribution in [0.3, 0.4) is 0 Å². The fourth-order valence-electron chi connectivity index (χ4n) is 1.56. The van der Waals surface area contributed by atoms with Crippen molar-refractivity contribution in [1.29, 1.82) is 0 Å². The van der Waals surface area contributed by atoms with Crippen LogP contribution >= 0.6 is 22.6 Å². The summed E-state index contributed by atoms with van der Waals surface area (Å²) in [6.45, 7) is 3.77. The number of sulfonamides is 1. The van der Waals surface area contributed by atoms with Gasteiger partial charge in [-0.2, -0.15) is 8.42 Å². The van der Waals surface area contributed by atoms with E-state index >= 15 is 0 Å². The first-order chi connectivity index (χ1) is 8.92. The van der Waals surface area contributed by atoms with Crippen molar-refractivity contribution in [1.82, 2.24) is 9.97 Å². The fourth-order valence-corrected chi connectivity index (χ4v) is 3.12. The predicted octanol–water partition coefficient (Wildman–Crippen LogP) is 2.69. The van der Waals surface area contributed by atoms with Crippen molar-refractivity contribution < 1.29 is 8.42 Å². The number of benzene rings is 1. The number of hydrogen-bond donors (Lipinski definition) is 2. The Morgan fingerprint density at radius 1 is 1.42 bits per heavy atom. The molecule has 1 aromatic heterocycles. The number of aromatic nitrogens is 2. The van der Waals surface area contributed by atoms with E-state index in [1.807, 2.05) is 26.0 Å². The highest BCUT2D eigenvalue weighted by Crippen LogP contribution is 2.21. The molecule has 0 aliphatic rings. The van der Waals surface area contributed by atoms with Crippen molar-refractivity contribution in [2.75, 3.05) is 4.72 Å². The zero-order chi connectivity index (χ0) is 14.0. The van der Waals surface area contributed by atoms with E-state index in [2.05, 4.69) is 37.3 Å². The maximum atomic E-state index is 12.2. The Kier molecular flexibility index (Phi) is 4.14. The monoisotopic (exact) mass is 391 g/mol. The highest BCUT2D eigenvalue weighted by atomic mass is 127. The normalized spacial score (nSPS) is 11.5. The molecular formula is C12H14IN3O2S. The largest absolute Gasteiger partial charge is 0.332 e. The van der Waals surface area contributed by atoms with E-state index in [0.29, 0.717) is 17.9 Å². The summed E-state index contributed by atoms with van der Waals surface area (Å²) < 4.78 is 28.0. The molecular weight excluding hydrogens is 377 g/mol. The summed E-state index contributed by atoms with van der Waals surface area (Å²) in [5, 5.41) is 0.0858. The number of rotatable bonds is 4. The number of anilines is 1. The molecule has 0 fully saturated rings. The minimum Gasteiger partial charge on any atom is -0.332 e. The second-order valence-corrected chi connectivity index (χ2v) is 7.01. The van der Waals surface area contributed by atoms with Gasteiger partial charge in [0.05, 0.1) is 11.9 Å². The summed E-state index contributed by atoms with van der Waals surface area (Å²) in [7, 11) is -3.61. The summed E-state index contributed by atoms with van der Waals surface area (Å²) >= 11 is 2.14. The summed E-state index contributed by atoms with van der Waals surface area (Å²) in [4.78, 5) is 6.80. The maximum Gasteiger partial charge on any atom is 0.278 e. The van der Waals surface area contributed by atoms with Crippen molar-refractivity contribution in [2.24, 2.45) is 0 Å². The van der Waals surface area contributed by atoms with Crippen LogP contribution < -0.4 is 4.72 Å². The zero-order valence-corrected chi connectivity index (χ0v) is 13.5. The molecule has 0 amide bonds. The summed E-state index contributed by atoms with van der Waals surface area (Å²) in [5.74, 6) is 0.653. The van der Waals surface area contributed by atoms with E-state index < -0.39 is 10.0 Å². The van der Waals surface area contributed by atoms with E-state index in [1.165, 1.54) is 6.20 Å². The Morgan fingerprint density at radius 3 is 2.79 bits per heavy atom. The quantitative estimate of drug-likeness (QED) is 0.788. The van der Waals surface area contributed by atoms with Crippen molar-refractivity contribution in [2.45, 2.75) is 25.3 Å². The van der Waals surface area contributed by atoms with Gasteiger partial charge in [0.25, 0.3) is 10.0 Å². The van der Waals surface area contributed by atoms with Crippen LogP contribution in [0.4, 0.5) is 5.69 Å². The number of nitrogens with one attached hydrogen (secondary N) is 2. The van der Waals surface area contributed by atoms with Crippen LogP contribution in [0.1, 0.15) is 18.3 Å². The first-order valence-corrected chi connectivity index (χ1v) is 8.31. The Morgan fingerprint density at radius 2 is 2.16 bits per heavy atom. The lowest BCUT2D eigenvalue weighted by Gasteiger charge is -2.09. The van der Waals surface area contributed by atoms with E-state index in [1.54, 1.807) is 6.07 Å². The molecule has 0 saturated carbocycles. The molecule has 19 heavy (non-hydrogen) atoms. The SMILES string of the molecule is CCc1ncc(S(=O)(=O)Nc2cc(I)ccc2C)[nH]1. The Labute approximate surface area is 126 Å². The molecule has 2 aromatic rings. The molecule has 0 saturated heterocycles. The first-order valence-electron chi connectivity index (χ1n) is 5.75. The van der Waals surface area contributed by atoms with Crippen molar-refractivity contribution >= 4 is 38.3 Å². The molecule has 0 atom stereocenters. The average molecular weight is 391 g/mol. The number of imidazole rings is 1. The van der Waals surface area contributed by atoms with Crippen LogP contribution in [0.15, 0.2) is 29.4 Å². The van der Waals surface area contributed by atoms with Gasteiger partial charge in [-0.25, -0.2) is 4.98 Å². The van der Waals surface area contributed by atoms with Crippen LogP contribution in [0.2, 0.25) is 0 Å². The second-order valence-electron chi connectivity index (χ2n) is 4.11. The molecule has 7 heteroatoms. The lowest BCUT2D eigenvalue weighted by molar-refractivity contribution is 0.598. The molecule has 0 aliphatic heterocycles. The second kappa shape index (κ2) is 5.49. The molecule has 5 nitrogen and oxygen atoms in total. The fraction of sp³-hybridized carbons (Fsp3) is 0.250. The number of aryl methyl sites for hydroxylation is 2. The first kappa shape index (κ1) is 14.3. The van der Waals surface area contributed by atoms with E-state index in [-0.39, 0.29) is 5.03 Å². The van der Waals surface area contributed by atoms with Crippen LogP contribution in [-0.4, -0.2) is 18.4 Å². The Hall–Kier alpha value is -1.09. The van der Waals surface area contributed by atoms with Gasteiger partial charge in [-0.3, -0.25) is 4.72 Å². The predicted molar refractivity (Wildman–Crippen MR) is 82.7 cm³/mol. The zero-order valence-electron chi connectivity index (χ0n) is 10.6. The van der Waals surface area contributed by atoms with Gasteiger partial charge in [-0.15, -0.1) is 0 Å². The topological polar surface area (TPSA) is 74.8 Å². The van der Waals surface area contributed by atoms with Gasteiger partial charge in [-0.05, 0) is 47.2 Å². The molecule has 0 bridgehead atoms. The van der Waals surface area contributed by atoms with Crippen LogP contribution in [-0.2, 0) is 16.4 Å². The molecule has 0 unspecified atom stereocenters. The smallest absolute Gasteiger partial charge is 0.278 e. The van der Waals surface area contributed by atoms with Gasteiger partial charge in [0, 0.05) is 9.99 Å². The highest BCUT2D eigenvalue weighted by molar-refractivity contribution is 14.1. The Bertz CT molecular complexity index is 695. The third-order valence-corrected chi connectivity index (χ3v) is 4.62. The van der Waals surface area contributed by atoms with Gasteiger partial charge in [0.2, 0.25) is 0 Å². The minimum absolute atomic E-state index is 0.0858. The molecule has 2 N–H and O–H groups in total. The number of hydrogen-bond acceptors (Lipinski definition) is 3. The third kappa shape index (κ3) is 3.27. The summed E-state index contributed by atoms with van der Waals surface area (Å²) in [5.41, 5.74) is 1.46. The van der Waals surface area contributed by atoms with E-state index in [9.17, 15) is 8.42 Å². The molecule has 0 radical (unpaired) electrons. The van der Waals surface area contributed by atoms with E-state index in [0.717, 1.165) is 9.13 Å². The van der Waals surface area contributed by atoms with Crippen molar-refractivity contribution in [3.8, 4) is 0 Å². The standard InChI is InChI=1S/C12H14IN3O2S/c1-3-11-14-7-12(15-11)19(17,18)16-10-6-9(13)5-4-8(10)2/h4-7,16H,3H2,1-2H3,(H,14,15). The van der Waals surface area contributed by atoms with Crippen molar-refractivity contribution in [3.05, 3.63) is 39.4 Å². The molecule has 102 valence electrons. The summed E-state index contributed by atoms with van der Waals surface area (Å²) in [6, 6.07) is 5.60. The molecule has 1 heterocycles. The van der Waals surface area contributed by atoms with Crippen LogP contribution in [0, 0.1) is 10.5 Å². The molecule has 2 rings (SSSR count). The number of H-pyrrole nitrogens is 1. The number of aromatic amines is 1. The minimum atomic E-state index is -3.61. The number of halogens is 1. The van der Waals surface area contributed by atoms with Gasteiger partial charge in [0.1, 0.15) is 5.82 Å². The van der Waals surface area contributed by atoms with Gasteiger partial charge < -0.3 is 4.98 Å². The Balaban J connectivity index is 2.33. The van der Waals surface area contributed by atoms with Crippen LogP contribution in [0.5, 0.6) is 0 Å². The van der Waals surface area contributed by atoms with E-state index in [4.69, 9.17) is 0 Å². The molecule has 0 aliphatic carbocycles. The molecule has 1 aromatic carbocycles.